The van der Waals surface area contributed by atoms with Crippen molar-refractivity contribution in [2.75, 3.05) is 13.1 Å². The number of aromatic nitrogens is 2. The summed E-state index contributed by atoms with van der Waals surface area (Å²) < 4.78 is 0. The average Bonchev–Trinajstić information content (AvgIpc) is 3.45. The van der Waals surface area contributed by atoms with Crippen molar-refractivity contribution in [1.82, 2.24) is 25.9 Å². The zero-order valence-electron chi connectivity index (χ0n) is 27.5. The Morgan fingerprint density at radius 3 is 2.20 bits per heavy atom. The van der Waals surface area contributed by atoms with Gasteiger partial charge in [-0.3, -0.25) is 14.6 Å². The summed E-state index contributed by atoms with van der Waals surface area (Å²) in [5.74, 6) is 0.998. The number of amides is 2. The standard InChI is InChI=1S/C36H48N6O2/c1-22(2)31(42-34(44)36(6,7)8)32-40-21-30(41-32)26-13-15-28-24(19-26)11-10-23-18-25(12-14-27(23)28)29(37-9)20-38-16-17-39-33(43)35(3,4)5/h12-15,18-22,31,38H,9-11,16-17H2,1-8H3,(H,39,43)(H,40,41)(H,42,44)/b29-20-. The Labute approximate surface area is 262 Å². The van der Waals surface area contributed by atoms with Crippen LogP contribution < -0.4 is 16.0 Å². The minimum Gasteiger partial charge on any atom is -0.387 e. The lowest BCUT2D eigenvalue weighted by molar-refractivity contribution is -0.130. The summed E-state index contributed by atoms with van der Waals surface area (Å²) in [6.07, 6.45) is 5.58. The molecule has 0 fully saturated rings. The van der Waals surface area contributed by atoms with Gasteiger partial charge < -0.3 is 20.9 Å². The van der Waals surface area contributed by atoms with E-state index in [4.69, 9.17) is 0 Å². The number of carbonyl (C=O) groups is 2. The van der Waals surface area contributed by atoms with Crippen molar-refractivity contribution in [1.29, 1.82) is 0 Å². The summed E-state index contributed by atoms with van der Waals surface area (Å²) in [6.45, 7) is 20.5. The highest BCUT2D eigenvalue weighted by molar-refractivity contribution is 5.82. The first kappa shape index (κ1) is 32.7. The fourth-order valence-corrected chi connectivity index (χ4v) is 5.18. The zero-order valence-corrected chi connectivity index (χ0v) is 27.5. The van der Waals surface area contributed by atoms with Gasteiger partial charge in [0.2, 0.25) is 11.8 Å². The molecule has 0 saturated carbocycles. The van der Waals surface area contributed by atoms with Gasteiger partial charge in [-0.05, 0) is 65.4 Å². The van der Waals surface area contributed by atoms with Gasteiger partial charge in [0.05, 0.1) is 23.6 Å². The van der Waals surface area contributed by atoms with Gasteiger partial charge in [0.25, 0.3) is 0 Å². The summed E-state index contributed by atoms with van der Waals surface area (Å²) in [7, 11) is 0. The van der Waals surface area contributed by atoms with Crippen molar-refractivity contribution < 1.29 is 9.59 Å². The smallest absolute Gasteiger partial charge is 0.225 e. The molecule has 0 saturated heterocycles. The third-order valence-electron chi connectivity index (χ3n) is 7.94. The number of carbonyl (C=O) groups excluding carboxylic acids is 2. The van der Waals surface area contributed by atoms with Crippen LogP contribution in [0.3, 0.4) is 0 Å². The maximum atomic E-state index is 12.7. The number of hydrogen-bond acceptors (Lipinski definition) is 5. The van der Waals surface area contributed by atoms with E-state index in [9.17, 15) is 9.59 Å². The number of rotatable bonds is 10. The lowest BCUT2D eigenvalue weighted by Gasteiger charge is -2.25. The van der Waals surface area contributed by atoms with Crippen LogP contribution in [0.15, 0.2) is 53.8 Å². The summed E-state index contributed by atoms with van der Waals surface area (Å²) in [6, 6.07) is 12.9. The number of aromatic amines is 1. The topological polar surface area (TPSA) is 111 Å². The number of aryl methyl sites for hydroxylation is 2. The predicted octanol–water partition coefficient (Wildman–Crippen LogP) is 6.45. The van der Waals surface area contributed by atoms with Crippen LogP contribution >= 0.6 is 0 Å². The van der Waals surface area contributed by atoms with E-state index in [2.05, 4.69) is 87.9 Å². The van der Waals surface area contributed by atoms with E-state index in [1.54, 1.807) is 0 Å². The molecule has 4 rings (SSSR count). The molecule has 0 spiro atoms. The first-order chi connectivity index (χ1) is 20.7. The van der Waals surface area contributed by atoms with Gasteiger partial charge >= 0.3 is 0 Å². The number of benzene rings is 2. The van der Waals surface area contributed by atoms with Crippen molar-refractivity contribution in [2.24, 2.45) is 21.7 Å². The van der Waals surface area contributed by atoms with Gasteiger partial charge in [0, 0.05) is 35.7 Å². The zero-order chi connectivity index (χ0) is 32.2. The summed E-state index contributed by atoms with van der Waals surface area (Å²) in [4.78, 5) is 37.2. The molecule has 1 aliphatic rings. The number of imidazole rings is 1. The van der Waals surface area contributed by atoms with E-state index in [0.29, 0.717) is 13.1 Å². The van der Waals surface area contributed by atoms with Gasteiger partial charge in [-0.15, -0.1) is 0 Å². The molecule has 0 bridgehead atoms. The van der Waals surface area contributed by atoms with Crippen molar-refractivity contribution in [3.05, 3.63) is 71.3 Å². The molecule has 1 unspecified atom stereocenters. The Morgan fingerprint density at radius 1 is 0.955 bits per heavy atom. The van der Waals surface area contributed by atoms with Crippen LogP contribution in [0.5, 0.6) is 0 Å². The summed E-state index contributed by atoms with van der Waals surface area (Å²) in [5, 5.41) is 9.37. The maximum Gasteiger partial charge on any atom is 0.225 e. The number of fused-ring (bicyclic) bond motifs is 3. The van der Waals surface area contributed by atoms with E-state index >= 15 is 0 Å². The lowest BCUT2D eigenvalue weighted by Crippen LogP contribution is -2.39. The van der Waals surface area contributed by atoms with Crippen LogP contribution in [0.25, 0.3) is 28.1 Å². The van der Waals surface area contributed by atoms with Crippen LogP contribution in [0.1, 0.15) is 83.9 Å². The average molecular weight is 597 g/mol. The van der Waals surface area contributed by atoms with Crippen molar-refractivity contribution in [3.8, 4) is 22.4 Å². The van der Waals surface area contributed by atoms with Crippen molar-refractivity contribution in [2.45, 2.75) is 74.3 Å². The highest BCUT2D eigenvalue weighted by Crippen LogP contribution is 2.37. The van der Waals surface area contributed by atoms with Crippen LogP contribution in [-0.4, -0.2) is 41.6 Å². The quantitative estimate of drug-likeness (QED) is 0.159. The van der Waals surface area contributed by atoms with Gasteiger partial charge in [-0.25, -0.2) is 4.98 Å². The molecule has 234 valence electrons. The normalized spacial score (nSPS) is 14.0. The molecule has 44 heavy (non-hydrogen) atoms. The Morgan fingerprint density at radius 2 is 1.59 bits per heavy atom. The second-order valence-electron chi connectivity index (χ2n) is 14.0. The second-order valence-corrected chi connectivity index (χ2v) is 14.0. The largest absolute Gasteiger partial charge is 0.387 e. The SMILES string of the molecule is C=N/C(=C\NCCNC(=O)C(C)(C)C)c1ccc2c(c1)CCc1cc(-c3cnc(C(NC(=O)C(C)(C)C)C(C)C)[nH]3)ccc1-2. The Kier molecular flexibility index (Phi) is 9.81. The fraction of sp³-hybridized carbons (Fsp3) is 0.444. The van der Waals surface area contributed by atoms with Crippen LogP contribution in [0.4, 0.5) is 0 Å². The molecule has 0 radical (unpaired) electrons. The summed E-state index contributed by atoms with van der Waals surface area (Å²) >= 11 is 0. The highest BCUT2D eigenvalue weighted by Gasteiger charge is 2.28. The van der Waals surface area contributed by atoms with Crippen molar-refractivity contribution >= 4 is 24.2 Å². The minimum atomic E-state index is -0.471. The molecule has 1 aliphatic carbocycles. The van der Waals surface area contributed by atoms with E-state index in [1.807, 2.05) is 53.9 Å². The lowest BCUT2D eigenvalue weighted by atomic mass is 9.83. The number of nitrogens with one attached hydrogen (secondary N) is 4. The summed E-state index contributed by atoms with van der Waals surface area (Å²) in [5.41, 5.74) is 7.99. The van der Waals surface area contributed by atoms with Gasteiger partial charge in [-0.1, -0.05) is 79.7 Å². The number of H-pyrrole nitrogens is 1. The van der Waals surface area contributed by atoms with Crippen molar-refractivity contribution in [3.63, 3.8) is 0 Å². The molecular weight excluding hydrogens is 548 g/mol. The molecule has 2 aromatic carbocycles. The molecule has 4 N–H and O–H groups in total. The van der Waals surface area contributed by atoms with Gasteiger partial charge in [0.15, 0.2) is 0 Å². The predicted molar refractivity (Wildman–Crippen MR) is 180 cm³/mol. The number of hydrogen-bond donors (Lipinski definition) is 4. The Hall–Kier alpha value is -4.20. The molecule has 3 aromatic rings. The van der Waals surface area contributed by atoms with Gasteiger partial charge in [-0.2, -0.15) is 0 Å². The first-order valence-electron chi connectivity index (χ1n) is 15.5. The van der Waals surface area contributed by atoms with Crippen LogP contribution in [0.2, 0.25) is 0 Å². The molecule has 8 nitrogen and oxygen atoms in total. The molecule has 0 aliphatic heterocycles. The first-order valence-corrected chi connectivity index (χ1v) is 15.5. The maximum absolute atomic E-state index is 12.7. The molecular formula is C36H48N6O2. The number of nitrogens with zero attached hydrogens (tertiary/aromatic N) is 2. The Balaban J connectivity index is 1.48. The second kappa shape index (κ2) is 13.2. The van der Waals surface area contributed by atoms with Gasteiger partial charge in [0.1, 0.15) is 5.82 Å². The van der Waals surface area contributed by atoms with E-state index in [-0.39, 0.29) is 23.8 Å². The van der Waals surface area contributed by atoms with Crippen LogP contribution in [-0.2, 0) is 22.4 Å². The Bertz CT molecular complexity index is 1550. The third kappa shape index (κ3) is 7.65. The molecule has 1 aromatic heterocycles. The van der Waals surface area contributed by atoms with Crippen LogP contribution in [0, 0.1) is 16.7 Å². The fourth-order valence-electron chi connectivity index (χ4n) is 5.18. The molecule has 8 heteroatoms. The minimum absolute atomic E-state index is 0.00842. The molecule has 1 atom stereocenters. The van der Waals surface area contributed by atoms with E-state index in [0.717, 1.165) is 41.2 Å². The molecule has 1 heterocycles. The molecule has 2 amide bonds. The third-order valence-corrected chi connectivity index (χ3v) is 7.94. The van der Waals surface area contributed by atoms with E-state index < -0.39 is 10.8 Å². The monoisotopic (exact) mass is 596 g/mol. The number of aliphatic imine (C=N–C) groups is 1. The highest BCUT2D eigenvalue weighted by atomic mass is 16.2. The van der Waals surface area contributed by atoms with E-state index in [1.165, 1.54) is 22.3 Å².